The lowest BCUT2D eigenvalue weighted by Crippen LogP contribution is -2.35. The zero-order chi connectivity index (χ0) is 17.3. The molecule has 1 aromatic heterocycles. The van der Waals surface area contributed by atoms with Gasteiger partial charge in [-0.1, -0.05) is 68.8 Å². The van der Waals surface area contributed by atoms with Crippen LogP contribution in [0.1, 0.15) is 39.2 Å². The standard InChI is InChI=1S/C19H23ClN2OS/c1-12-7-6-10-17(14(12)3)22-18(23)15-8-4-5-9-16(15)21-19(22)24-11-13(2)20/h4-5,8-9,12,14,17H,2,6-7,10-11H2,1,3H3/t12-,14-,17+/m1/s1. The van der Waals surface area contributed by atoms with Gasteiger partial charge in [-0.15, -0.1) is 0 Å². The van der Waals surface area contributed by atoms with Crippen molar-refractivity contribution in [2.24, 2.45) is 11.8 Å². The Bertz CT molecular complexity index is 817. The highest BCUT2D eigenvalue weighted by Crippen LogP contribution is 2.39. The van der Waals surface area contributed by atoms with E-state index in [0.29, 0.717) is 28.0 Å². The van der Waals surface area contributed by atoms with Crippen LogP contribution in [0.5, 0.6) is 0 Å². The van der Waals surface area contributed by atoms with E-state index in [0.717, 1.165) is 23.5 Å². The largest absolute Gasteiger partial charge is 0.284 e. The molecule has 1 fully saturated rings. The summed E-state index contributed by atoms with van der Waals surface area (Å²) in [7, 11) is 0. The average Bonchev–Trinajstić information content (AvgIpc) is 2.56. The molecule has 128 valence electrons. The molecule has 1 aliphatic rings. The van der Waals surface area contributed by atoms with Crippen molar-refractivity contribution in [1.82, 2.24) is 9.55 Å². The first kappa shape index (κ1) is 17.6. The number of rotatable bonds is 4. The third kappa shape index (κ3) is 3.40. The summed E-state index contributed by atoms with van der Waals surface area (Å²) in [5.74, 6) is 1.63. The highest BCUT2D eigenvalue weighted by atomic mass is 35.5. The van der Waals surface area contributed by atoms with Crippen LogP contribution in [-0.2, 0) is 0 Å². The van der Waals surface area contributed by atoms with Crippen molar-refractivity contribution < 1.29 is 0 Å². The Balaban J connectivity index is 2.15. The van der Waals surface area contributed by atoms with Gasteiger partial charge in [-0.05, 0) is 30.4 Å². The van der Waals surface area contributed by atoms with Crippen molar-refractivity contribution in [3.8, 4) is 0 Å². The minimum Gasteiger partial charge on any atom is -0.284 e. The molecule has 0 amide bonds. The first-order valence-electron chi connectivity index (χ1n) is 8.46. The van der Waals surface area contributed by atoms with Crippen LogP contribution in [0.4, 0.5) is 0 Å². The van der Waals surface area contributed by atoms with Crippen molar-refractivity contribution in [2.75, 3.05) is 5.75 Å². The Hall–Kier alpha value is -1.26. The Morgan fingerprint density at radius 3 is 2.88 bits per heavy atom. The molecule has 1 aliphatic carbocycles. The normalized spacial score (nSPS) is 24.2. The van der Waals surface area contributed by atoms with Gasteiger partial charge in [0.25, 0.3) is 5.56 Å². The van der Waals surface area contributed by atoms with Gasteiger partial charge >= 0.3 is 0 Å². The van der Waals surface area contributed by atoms with Crippen molar-refractivity contribution in [2.45, 2.75) is 44.3 Å². The minimum absolute atomic E-state index is 0.0641. The molecule has 0 unspecified atom stereocenters. The second-order valence-electron chi connectivity index (χ2n) is 6.73. The molecule has 0 spiro atoms. The molecule has 2 aromatic rings. The molecule has 1 aromatic carbocycles. The topological polar surface area (TPSA) is 34.9 Å². The SMILES string of the molecule is C=C(Cl)CSc1nc2ccccc2c(=O)n1[C@H]1CCC[C@@H](C)[C@H]1C. The van der Waals surface area contributed by atoms with E-state index in [1.165, 1.54) is 18.2 Å². The van der Waals surface area contributed by atoms with Crippen LogP contribution in [-0.4, -0.2) is 15.3 Å². The van der Waals surface area contributed by atoms with Crippen molar-refractivity contribution >= 4 is 34.3 Å². The summed E-state index contributed by atoms with van der Waals surface area (Å²) in [5, 5.41) is 2.02. The Labute approximate surface area is 152 Å². The summed E-state index contributed by atoms with van der Waals surface area (Å²) in [6.07, 6.45) is 3.41. The van der Waals surface area contributed by atoms with Crippen LogP contribution >= 0.6 is 23.4 Å². The quantitative estimate of drug-likeness (QED) is 0.551. The number of hydrogen-bond acceptors (Lipinski definition) is 3. The summed E-state index contributed by atoms with van der Waals surface area (Å²) in [6.45, 7) is 8.29. The van der Waals surface area contributed by atoms with E-state index in [2.05, 4.69) is 20.4 Å². The predicted molar refractivity (Wildman–Crippen MR) is 103 cm³/mol. The van der Waals surface area contributed by atoms with Gasteiger partial charge in [0.2, 0.25) is 0 Å². The van der Waals surface area contributed by atoms with Crippen LogP contribution in [0.3, 0.4) is 0 Å². The maximum Gasteiger partial charge on any atom is 0.262 e. The fraction of sp³-hybridized carbons (Fsp3) is 0.474. The van der Waals surface area contributed by atoms with Gasteiger partial charge < -0.3 is 0 Å². The fourth-order valence-electron chi connectivity index (χ4n) is 3.58. The van der Waals surface area contributed by atoms with Crippen LogP contribution in [0.2, 0.25) is 0 Å². The molecule has 24 heavy (non-hydrogen) atoms. The number of hydrogen-bond donors (Lipinski definition) is 0. The molecule has 1 saturated carbocycles. The average molecular weight is 363 g/mol. The number of fused-ring (bicyclic) bond motifs is 1. The van der Waals surface area contributed by atoms with E-state index in [9.17, 15) is 4.79 Å². The van der Waals surface area contributed by atoms with E-state index in [-0.39, 0.29) is 11.6 Å². The summed E-state index contributed by atoms with van der Waals surface area (Å²) >= 11 is 7.45. The van der Waals surface area contributed by atoms with Crippen LogP contribution < -0.4 is 5.56 Å². The molecule has 0 bridgehead atoms. The third-order valence-electron chi connectivity index (χ3n) is 5.13. The fourth-order valence-corrected chi connectivity index (χ4v) is 4.55. The molecule has 0 aliphatic heterocycles. The number of benzene rings is 1. The van der Waals surface area contributed by atoms with Crippen molar-refractivity contribution in [1.29, 1.82) is 0 Å². The monoisotopic (exact) mass is 362 g/mol. The highest BCUT2D eigenvalue weighted by Gasteiger charge is 2.31. The van der Waals surface area contributed by atoms with E-state index in [1.807, 2.05) is 28.8 Å². The first-order valence-corrected chi connectivity index (χ1v) is 9.82. The van der Waals surface area contributed by atoms with Gasteiger partial charge in [0, 0.05) is 16.8 Å². The van der Waals surface area contributed by atoms with Gasteiger partial charge in [-0.2, -0.15) is 0 Å². The smallest absolute Gasteiger partial charge is 0.262 e. The van der Waals surface area contributed by atoms with E-state index >= 15 is 0 Å². The third-order valence-corrected chi connectivity index (χ3v) is 6.46. The molecule has 3 rings (SSSR count). The molecule has 3 atom stereocenters. The van der Waals surface area contributed by atoms with Gasteiger partial charge in [-0.25, -0.2) is 4.98 Å². The van der Waals surface area contributed by atoms with Gasteiger partial charge in [0.15, 0.2) is 5.16 Å². The highest BCUT2D eigenvalue weighted by molar-refractivity contribution is 7.99. The molecule has 1 heterocycles. The molecule has 5 heteroatoms. The Morgan fingerprint density at radius 1 is 1.38 bits per heavy atom. The lowest BCUT2D eigenvalue weighted by atomic mass is 9.78. The maximum atomic E-state index is 13.2. The molecule has 3 nitrogen and oxygen atoms in total. The molecule has 0 N–H and O–H groups in total. The van der Waals surface area contributed by atoms with Crippen LogP contribution in [0.15, 0.2) is 45.8 Å². The summed E-state index contributed by atoms with van der Waals surface area (Å²) in [6, 6.07) is 7.78. The predicted octanol–water partition coefficient (Wildman–Crippen LogP) is 5.24. The Kier molecular flexibility index (Phi) is 5.36. The number of para-hydroxylation sites is 1. The second-order valence-corrected chi connectivity index (χ2v) is 8.20. The number of nitrogens with zero attached hydrogens (tertiary/aromatic N) is 2. The van der Waals surface area contributed by atoms with E-state index in [1.54, 1.807) is 0 Å². The zero-order valence-electron chi connectivity index (χ0n) is 14.2. The van der Waals surface area contributed by atoms with Crippen LogP contribution in [0, 0.1) is 11.8 Å². The molecule has 0 radical (unpaired) electrons. The summed E-state index contributed by atoms with van der Waals surface area (Å²) < 4.78 is 1.92. The van der Waals surface area contributed by atoms with Crippen molar-refractivity contribution in [3.05, 3.63) is 46.2 Å². The van der Waals surface area contributed by atoms with Crippen molar-refractivity contribution in [3.63, 3.8) is 0 Å². The first-order chi connectivity index (χ1) is 11.5. The maximum absolute atomic E-state index is 13.2. The van der Waals surface area contributed by atoms with Gasteiger partial charge in [0.05, 0.1) is 10.9 Å². The van der Waals surface area contributed by atoms with Gasteiger partial charge in [-0.3, -0.25) is 9.36 Å². The lowest BCUT2D eigenvalue weighted by molar-refractivity contribution is 0.173. The van der Waals surface area contributed by atoms with E-state index in [4.69, 9.17) is 16.6 Å². The Morgan fingerprint density at radius 2 is 2.12 bits per heavy atom. The molecular weight excluding hydrogens is 340 g/mol. The molecular formula is C19H23ClN2OS. The molecule has 0 saturated heterocycles. The summed E-state index contributed by atoms with van der Waals surface area (Å²) in [4.78, 5) is 18.0. The van der Waals surface area contributed by atoms with Gasteiger partial charge in [0.1, 0.15) is 0 Å². The second kappa shape index (κ2) is 7.32. The summed E-state index contributed by atoms with van der Waals surface area (Å²) in [5.41, 5.74) is 0.812. The minimum atomic E-state index is 0.0641. The van der Waals surface area contributed by atoms with Crippen LogP contribution in [0.25, 0.3) is 10.9 Å². The lowest BCUT2D eigenvalue weighted by Gasteiger charge is -2.36. The number of halogens is 1. The number of aromatic nitrogens is 2. The zero-order valence-corrected chi connectivity index (χ0v) is 15.7. The number of thioether (sulfide) groups is 1. The van der Waals surface area contributed by atoms with E-state index < -0.39 is 0 Å².